The molecule has 2 N–H and O–H groups in total. The molecule has 1 amide bonds. The number of nitrogens with zero attached hydrogens (tertiary/aromatic N) is 1. The minimum absolute atomic E-state index is 0.164. The van der Waals surface area contributed by atoms with Crippen molar-refractivity contribution >= 4 is 17.6 Å². The maximum Gasteiger partial charge on any atom is 0.304 e. The molecular formula is C21H30N2O3. The van der Waals surface area contributed by atoms with E-state index in [0.29, 0.717) is 12.1 Å². The lowest BCUT2D eigenvalue weighted by atomic mass is 9.80. The lowest BCUT2D eigenvalue weighted by Gasteiger charge is -2.26. The van der Waals surface area contributed by atoms with Crippen LogP contribution in [0.25, 0.3) is 0 Å². The predicted molar refractivity (Wildman–Crippen MR) is 105 cm³/mol. The molecule has 1 rings (SSSR count). The first kappa shape index (κ1) is 21.6. The summed E-state index contributed by atoms with van der Waals surface area (Å²) in [5, 5.41) is 12.1. The average Bonchev–Trinajstić information content (AvgIpc) is 2.61. The summed E-state index contributed by atoms with van der Waals surface area (Å²) in [7, 11) is 0. The number of aliphatic carboxylic acids is 1. The van der Waals surface area contributed by atoms with E-state index in [4.69, 9.17) is 0 Å². The summed E-state index contributed by atoms with van der Waals surface area (Å²) in [6.45, 7) is 10.3. The molecule has 0 spiro atoms. The number of carboxylic acids is 1. The minimum Gasteiger partial charge on any atom is -0.481 e. The third-order valence-electron chi connectivity index (χ3n) is 4.64. The van der Waals surface area contributed by atoms with Gasteiger partial charge in [0, 0.05) is 18.1 Å². The van der Waals surface area contributed by atoms with E-state index in [2.05, 4.69) is 36.8 Å². The number of anilines is 1. The van der Waals surface area contributed by atoms with Gasteiger partial charge in [-0.25, -0.2) is 0 Å². The van der Waals surface area contributed by atoms with Crippen LogP contribution in [0.3, 0.4) is 0 Å². The van der Waals surface area contributed by atoms with Crippen molar-refractivity contribution in [3.05, 3.63) is 48.3 Å². The maximum atomic E-state index is 12.7. The first-order valence-corrected chi connectivity index (χ1v) is 9.14. The van der Waals surface area contributed by atoms with Crippen LogP contribution >= 0.6 is 0 Å². The van der Waals surface area contributed by atoms with Gasteiger partial charge in [0.1, 0.15) is 0 Å². The van der Waals surface area contributed by atoms with E-state index in [9.17, 15) is 14.7 Å². The number of carbonyl (C=O) groups excluding carboxylic acids is 1. The largest absolute Gasteiger partial charge is 0.481 e. The molecule has 0 saturated heterocycles. The number of nitrogens with one attached hydrogen (secondary N) is 1. The van der Waals surface area contributed by atoms with Gasteiger partial charge in [-0.3, -0.25) is 14.6 Å². The van der Waals surface area contributed by atoms with Gasteiger partial charge in [0.2, 0.25) is 5.91 Å². The third kappa shape index (κ3) is 7.21. The molecule has 0 bridgehead atoms. The summed E-state index contributed by atoms with van der Waals surface area (Å²) in [5.41, 5.74) is 2.87. The van der Waals surface area contributed by atoms with Crippen LogP contribution in [0.1, 0.15) is 52.9 Å². The Bertz CT molecular complexity index is 638. The van der Waals surface area contributed by atoms with Gasteiger partial charge in [0.05, 0.1) is 12.3 Å². The van der Waals surface area contributed by atoms with E-state index in [0.717, 1.165) is 24.8 Å². The zero-order chi connectivity index (χ0) is 19.5. The number of rotatable bonds is 11. The number of amides is 1. The summed E-state index contributed by atoms with van der Waals surface area (Å²) >= 11 is 0. The minimum atomic E-state index is -0.979. The highest BCUT2D eigenvalue weighted by Gasteiger charge is 2.31. The van der Waals surface area contributed by atoms with Gasteiger partial charge in [-0.1, -0.05) is 37.6 Å². The fourth-order valence-electron chi connectivity index (χ4n) is 2.97. The monoisotopic (exact) mass is 358 g/mol. The zero-order valence-corrected chi connectivity index (χ0v) is 16.0. The molecule has 1 aromatic heterocycles. The summed E-state index contributed by atoms with van der Waals surface area (Å²) in [4.78, 5) is 28.0. The normalized spacial score (nSPS) is 13.7. The van der Waals surface area contributed by atoms with Crippen molar-refractivity contribution in [1.29, 1.82) is 0 Å². The van der Waals surface area contributed by atoms with Gasteiger partial charge in [-0.2, -0.15) is 0 Å². The van der Waals surface area contributed by atoms with E-state index in [1.54, 1.807) is 24.5 Å². The first-order valence-electron chi connectivity index (χ1n) is 9.14. The Kier molecular flexibility index (Phi) is 9.34. The van der Waals surface area contributed by atoms with Crippen molar-refractivity contribution < 1.29 is 14.7 Å². The lowest BCUT2D eigenvalue weighted by molar-refractivity contribution is -0.141. The van der Waals surface area contributed by atoms with Gasteiger partial charge >= 0.3 is 5.97 Å². The second-order valence-electron chi connectivity index (χ2n) is 6.55. The molecule has 0 aliphatic rings. The molecule has 142 valence electrons. The van der Waals surface area contributed by atoms with Gasteiger partial charge in [0.25, 0.3) is 0 Å². The van der Waals surface area contributed by atoms with Gasteiger partial charge < -0.3 is 10.4 Å². The Balaban J connectivity index is 2.87. The van der Waals surface area contributed by atoms with E-state index in [1.807, 2.05) is 6.92 Å². The summed E-state index contributed by atoms with van der Waals surface area (Å²) in [6.07, 6.45) is 8.45. The molecule has 1 aromatic rings. The zero-order valence-electron chi connectivity index (χ0n) is 16.0. The quantitative estimate of drug-likeness (QED) is 0.555. The molecule has 0 radical (unpaired) electrons. The highest BCUT2D eigenvalue weighted by molar-refractivity contribution is 5.94. The van der Waals surface area contributed by atoms with Crippen molar-refractivity contribution in [3.63, 3.8) is 0 Å². The first-order chi connectivity index (χ1) is 12.4. The Morgan fingerprint density at radius 2 is 1.92 bits per heavy atom. The average molecular weight is 358 g/mol. The number of allylic oxidation sites excluding steroid dienone is 3. The highest BCUT2D eigenvalue weighted by atomic mass is 16.4. The number of aromatic nitrogens is 1. The van der Waals surface area contributed by atoms with Crippen LogP contribution in [0.4, 0.5) is 5.69 Å². The molecule has 0 aromatic carbocycles. The maximum absolute atomic E-state index is 12.7. The predicted octanol–water partition coefficient (Wildman–Crippen LogP) is 4.83. The standard InChI is InChI=1S/C21H30N2O3/c1-5-15(3)8-7-9-16(4)18(6-2)19(14-20(24)25)21(26)23-17-10-12-22-13-11-17/h8,10-13,18-19H,4-7,9,14H2,1-3H3,(H,24,25)(H,22,23,26)/b15-8+. The van der Waals surface area contributed by atoms with E-state index in [-0.39, 0.29) is 18.2 Å². The Labute approximate surface area is 156 Å². The number of hydrogen-bond donors (Lipinski definition) is 2. The van der Waals surface area contributed by atoms with Crippen LogP contribution in [0, 0.1) is 11.8 Å². The van der Waals surface area contributed by atoms with Crippen molar-refractivity contribution in [2.45, 2.75) is 52.9 Å². The second kappa shape index (κ2) is 11.2. The molecule has 0 fully saturated rings. The van der Waals surface area contributed by atoms with Gasteiger partial charge in [0.15, 0.2) is 0 Å². The Morgan fingerprint density at radius 3 is 2.46 bits per heavy atom. The number of hydrogen-bond acceptors (Lipinski definition) is 3. The van der Waals surface area contributed by atoms with Crippen LogP contribution in [-0.4, -0.2) is 22.0 Å². The van der Waals surface area contributed by atoms with E-state index >= 15 is 0 Å². The second-order valence-corrected chi connectivity index (χ2v) is 6.55. The Morgan fingerprint density at radius 1 is 1.27 bits per heavy atom. The highest BCUT2D eigenvalue weighted by Crippen LogP contribution is 2.30. The summed E-state index contributed by atoms with van der Waals surface area (Å²) in [6, 6.07) is 3.37. The van der Waals surface area contributed by atoms with Crippen LogP contribution in [0.5, 0.6) is 0 Å². The molecule has 0 aliphatic carbocycles. The molecular weight excluding hydrogens is 328 g/mol. The Hall–Kier alpha value is -2.43. The molecule has 2 unspecified atom stereocenters. The van der Waals surface area contributed by atoms with Crippen molar-refractivity contribution in [3.8, 4) is 0 Å². The fourth-order valence-corrected chi connectivity index (χ4v) is 2.97. The van der Waals surface area contributed by atoms with E-state index in [1.165, 1.54) is 5.57 Å². The summed E-state index contributed by atoms with van der Waals surface area (Å²) < 4.78 is 0. The molecule has 5 nitrogen and oxygen atoms in total. The van der Waals surface area contributed by atoms with Crippen LogP contribution in [0.2, 0.25) is 0 Å². The molecule has 2 atom stereocenters. The number of carboxylic acid groups (broad SMARTS) is 1. The van der Waals surface area contributed by atoms with Crippen molar-refractivity contribution in [1.82, 2.24) is 4.98 Å². The lowest BCUT2D eigenvalue weighted by Crippen LogP contribution is -2.32. The SMILES string of the molecule is C=C(CC/C=C(\C)CC)C(CC)C(CC(=O)O)C(=O)Nc1ccncc1. The fraction of sp³-hybridized carbons (Fsp3) is 0.476. The van der Waals surface area contributed by atoms with Crippen molar-refractivity contribution in [2.75, 3.05) is 5.32 Å². The van der Waals surface area contributed by atoms with E-state index < -0.39 is 11.9 Å². The topological polar surface area (TPSA) is 79.3 Å². The summed E-state index contributed by atoms with van der Waals surface area (Å²) in [5.74, 6) is -2.07. The smallest absolute Gasteiger partial charge is 0.304 e. The van der Waals surface area contributed by atoms with Crippen LogP contribution in [0.15, 0.2) is 48.3 Å². The van der Waals surface area contributed by atoms with Gasteiger partial charge in [-0.05, 0) is 50.7 Å². The van der Waals surface area contributed by atoms with Crippen LogP contribution < -0.4 is 5.32 Å². The van der Waals surface area contributed by atoms with Gasteiger partial charge in [-0.15, -0.1) is 0 Å². The number of pyridine rings is 1. The molecule has 0 aliphatic heterocycles. The number of carbonyl (C=O) groups is 2. The van der Waals surface area contributed by atoms with Crippen molar-refractivity contribution in [2.24, 2.45) is 11.8 Å². The van der Waals surface area contributed by atoms with Crippen LogP contribution in [-0.2, 0) is 9.59 Å². The molecule has 26 heavy (non-hydrogen) atoms. The molecule has 5 heteroatoms. The molecule has 1 heterocycles. The molecule has 0 saturated carbocycles. The third-order valence-corrected chi connectivity index (χ3v) is 4.64.